The highest BCUT2D eigenvalue weighted by molar-refractivity contribution is 8.18. The number of amides is 3. The smallest absolute Gasteiger partial charge is 0.294 e. The van der Waals surface area contributed by atoms with Crippen LogP contribution in [0.2, 0.25) is 0 Å². The van der Waals surface area contributed by atoms with Gasteiger partial charge in [-0.05, 0) is 41.6 Å². The Morgan fingerprint density at radius 1 is 1.17 bits per heavy atom. The maximum atomic E-state index is 13.1. The molecule has 10 nitrogen and oxygen atoms in total. The quantitative estimate of drug-likeness (QED) is 0.322. The van der Waals surface area contributed by atoms with Crippen molar-refractivity contribution in [3.8, 4) is 5.75 Å². The van der Waals surface area contributed by atoms with E-state index in [0.717, 1.165) is 4.90 Å². The molecule has 0 spiro atoms. The van der Waals surface area contributed by atoms with Gasteiger partial charge >= 0.3 is 0 Å². The van der Waals surface area contributed by atoms with E-state index in [0.29, 0.717) is 43.6 Å². The van der Waals surface area contributed by atoms with Crippen LogP contribution in [0.5, 0.6) is 5.75 Å². The summed E-state index contributed by atoms with van der Waals surface area (Å²) in [5, 5.41) is 10.7. The maximum Gasteiger partial charge on any atom is 0.294 e. The van der Waals surface area contributed by atoms with Gasteiger partial charge in [-0.25, -0.2) is 4.39 Å². The van der Waals surface area contributed by atoms with Crippen molar-refractivity contribution >= 4 is 40.6 Å². The Hall–Kier alpha value is -3.77. The summed E-state index contributed by atoms with van der Waals surface area (Å²) in [5.41, 5.74) is 0.649. The third-order valence-electron chi connectivity index (χ3n) is 5.33. The third kappa shape index (κ3) is 5.84. The van der Waals surface area contributed by atoms with Crippen LogP contribution in [0.1, 0.15) is 11.1 Å². The summed E-state index contributed by atoms with van der Waals surface area (Å²) in [6.07, 6.45) is 1.33. The van der Waals surface area contributed by atoms with Crippen LogP contribution in [0.15, 0.2) is 47.4 Å². The van der Waals surface area contributed by atoms with Crippen LogP contribution in [0.4, 0.5) is 14.9 Å². The van der Waals surface area contributed by atoms with Gasteiger partial charge < -0.3 is 14.4 Å². The summed E-state index contributed by atoms with van der Waals surface area (Å²) in [6.45, 7) is 1.20. The fourth-order valence-electron chi connectivity index (χ4n) is 3.46. The first-order chi connectivity index (χ1) is 16.8. The number of nitro groups is 1. The van der Waals surface area contributed by atoms with Crippen molar-refractivity contribution in [3.05, 3.63) is 74.4 Å². The number of hydrogen-bond acceptors (Lipinski definition) is 8. The number of ether oxygens (including phenoxy) is 2. The van der Waals surface area contributed by atoms with E-state index in [2.05, 4.69) is 0 Å². The highest BCUT2D eigenvalue weighted by Crippen LogP contribution is 2.35. The molecule has 0 atom stereocenters. The summed E-state index contributed by atoms with van der Waals surface area (Å²) in [7, 11) is 0. The topological polar surface area (TPSA) is 119 Å². The Balaban J connectivity index is 1.54. The van der Waals surface area contributed by atoms with E-state index in [1.807, 2.05) is 0 Å². The lowest BCUT2D eigenvalue weighted by molar-refractivity contribution is -0.384. The van der Waals surface area contributed by atoms with E-state index >= 15 is 0 Å². The summed E-state index contributed by atoms with van der Waals surface area (Å²) >= 11 is 0.640. The summed E-state index contributed by atoms with van der Waals surface area (Å²) in [6, 6.07) is 9.51. The molecule has 0 radical (unpaired) electrons. The summed E-state index contributed by atoms with van der Waals surface area (Å²) in [4.78, 5) is 50.9. The standard InChI is InChI=1S/C23H20FN3O7S/c24-17-3-1-15(2-4-17)14-34-19-6-5-18(27(31)32)11-16(19)12-20-22(29)26(23(30)35-20)13-21(28)25-7-9-33-10-8-25/h1-6,11-12H,7-10,13-14H2/b20-12-. The molecule has 2 aromatic carbocycles. The minimum Gasteiger partial charge on any atom is -0.488 e. The summed E-state index contributed by atoms with van der Waals surface area (Å²) in [5.74, 6) is -1.20. The van der Waals surface area contributed by atoms with Gasteiger partial charge in [-0.15, -0.1) is 0 Å². The highest BCUT2D eigenvalue weighted by atomic mass is 32.2. The van der Waals surface area contributed by atoms with Gasteiger partial charge in [-0.1, -0.05) is 12.1 Å². The number of carbonyl (C=O) groups is 3. The van der Waals surface area contributed by atoms with E-state index in [-0.39, 0.29) is 34.4 Å². The molecule has 0 saturated carbocycles. The monoisotopic (exact) mass is 501 g/mol. The first-order valence-electron chi connectivity index (χ1n) is 10.6. The van der Waals surface area contributed by atoms with Crippen LogP contribution in [-0.4, -0.2) is 64.6 Å². The highest BCUT2D eigenvalue weighted by Gasteiger charge is 2.37. The second-order valence-corrected chi connectivity index (χ2v) is 8.65. The van der Waals surface area contributed by atoms with Crippen molar-refractivity contribution < 1.29 is 33.2 Å². The van der Waals surface area contributed by atoms with Gasteiger partial charge in [0.2, 0.25) is 5.91 Å². The Bertz CT molecular complexity index is 1200. The third-order valence-corrected chi connectivity index (χ3v) is 6.24. The van der Waals surface area contributed by atoms with E-state index in [9.17, 15) is 28.9 Å². The van der Waals surface area contributed by atoms with Crippen LogP contribution in [0, 0.1) is 15.9 Å². The molecule has 12 heteroatoms. The lowest BCUT2D eigenvalue weighted by Crippen LogP contribution is -2.46. The SMILES string of the molecule is O=C(CN1C(=O)S/C(=C\c2cc([N+](=O)[O-])ccc2OCc2ccc(F)cc2)C1=O)N1CCOCC1. The number of hydrogen-bond donors (Lipinski definition) is 0. The Kier molecular flexibility index (Phi) is 7.42. The largest absolute Gasteiger partial charge is 0.488 e. The molecule has 2 aliphatic heterocycles. The molecule has 182 valence electrons. The Labute approximate surface area is 203 Å². The zero-order valence-corrected chi connectivity index (χ0v) is 19.2. The molecular weight excluding hydrogens is 481 g/mol. The van der Waals surface area contributed by atoms with Crippen LogP contribution < -0.4 is 4.74 Å². The molecule has 0 N–H and O–H groups in total. The van der Waals surface area contributed by atoms with Crippen molar-refractivity contribution in [2.24, 2.45) is 0 Å². The van der Waals surface area contributed by atoms with Crippen molar-refractivity contribution in [1.29, 1.82) is 0 Å². The number of imide groups is 1. The van der Waals surface area contributed by atoms with Gasteiger partial charge in [0.1, 0.15) is 24.7 Å². The fraction of sp³-hybridized carbons (Fsp3) is 0.261. The lowest BCUT2D eigenvalue weighted by atomic mass is 10.1. The van der Waals surface area contributed by atoms with Crippen LogP contribution in [0.25, 0.3) is 6.08 Å². The zero-order chi connectivity index (χ0) is 24.9. The van der Waals surface area contributed by atoms with Gasteiger partial charge in [0.15, 0.2) is 0 Å². The average Bonchev–Trinajstić information content (AvgIpc) is 3.11. The Morgan fingerprint density at radius 3 is 2.57 bits per heavy atom. The number of thioether (sulfide) groups is 1. The molecule has 2 aliphatic rings. The number of nitro benzene ring substituents is 1. The van der Waals surface area contributed by atoms with Crippen molar-refractivity contribution in [1.82, 2.24) is 9.80 Å². The number of carbonyl (C=O) groups excluding carboxylic acids is 3. The predicted molar refractivity (Wildman–Crippen MR) is 124 cm³/mol. The molecule has 2 heterocycles. The Morgan fingerprint density at radius 2 is 1.89 bits per heavy atom. The fourth-order valence-corrected chi connectivity index (χ4v) is 4.29. The zero-order valence-electron chi connectivity index (χ0n) is 18.3. The molecule has 0 unspecified atom stereocenters. The van der Waals surface area contributed by atoms with E-state index in [4.69, 9.17) is 9.47 Å². The molecule has 35 heavy (non-hydrogen) atoms. The maximum absolute atomic E-state index is 13.1. The number of halogens is 1. The van der Waals surface area contributed by atoms with Gasteiger partial charge in [-0.2, -0.15) is 0 Å². The number of non-ortho nitro benzene ring substituents is 1. The van der Waals surface area contributed by atoms with Crippen LogP contribution in [-0.2, 0) is 20.9 Å². The molecule has 0 bridgehead atoms. The molecule has 4 rings (SSSR count). The van der Waals surface area contributed by atoms with Crippen LogP contribution in [0.3, 0.4) is 0 Å². The molecule has 3 amide bonds. The number of rotatable bonds is 7. The molecule has 2 saturated heterocycles. The van der Waals surface area contributed by atoms with Crippen LogP contribution >= 0.6 is 11.8 Å². The molecule has 0 aromatic heterocycles. The molecular formula is C23H20FN3O7S. The van der Waals surface area contributed by atoms with Crippen molar-refractivity contribution in [2.45, 2.75) is 6.61 Å². The first-order valence-corrected chi connectivity index (χ1v) is 11.4. The normalized spacial score (nSPS) is 17.2. The molecule has 0 aliphatic carbocycles. The van der Waals surface area contributed by atoms with E-state index in [1.54, 1.807) is 0 Å². The number of benzene rings is 2. The molecule has 2 fully saturated rings. The second-order valence-electron chi connectivity index (χ2n) is 7.66. The predicted octanol–water partition coefficient (Wildman–Crippen LogP) is 3.21. The van der Waals surface area contributed by atoms with Gasteiger partial charge in [-0.3, -0.25) is 29.4 Å². The number of nitrogens with zero attached hydrogens (tertiary/aromatic N) is 3. The van der Waals surface area contributed by atoms with E-state index in [1.165, 1.54) is 53.4 Å². The lowest BCUT2D eigenvalue weighted by Gasteiger charge is -2.28. The van der Waals surface area contributed by atoms with Crippen molar-refractivity contribution in [2.75, 3.05) is 32.8 Å². The second kappa shape index (κ2) is 10.7. The number of morpholine rings is 1. The molecule has 2 aromatic rings. The minimum atomic E-state index is -0.669. The average molecular weight is 501 g/mol. The van der Waals surface area contributed by atoms with Gasteiger partial charge in [0.05, 0.1) is 23.0 Å². The first kappa shape index (κ1) is 24.4. The minimum absolute atomic E-state index is 0.0110. The van der Waals surface area contributed by atoms with E-state index < -0.39 is 28.4 Å². The van der Waals surface area contributed by atoms with Crippen molar-refractivity contribution in [3.63, 3.8) is 0 Å². The van der Waals surface area contributed by atoms with Gasteiger partial charge in [0.25, 0.3) is 16.8 Å². The summed E-state index contributed by atoms with van der Waals surface area (Å²) < 4.78 is 24.1. The van der Waals surface area contributed by atoms with Gasteiger partial charge in [0, 0.05) is 30.8 Å².